The minimum atomic E-state index is -3.62. The molecular weight excluding hydrogens is 457 g/mol. The summed E-state index contributed by atoms with van der Waals surface area (Å²) < 4.78 is 41.7. The third kappa shape index (κ3) is 5.15. The fourth-order valence-electron chi connectivity index (χ4n) is 4.45. The highest BCUT2D eigenvalue weighted by atomic mass is 32.2. The van der Waals surface area contributed by atoms with Gasteiger partial charge < -0.3 is 10.2 Å². The second-order valence-corrected chi connectivity index (χ2v) is 11.2. The summed E-state index contributed by atoms with van der Waals surface area (Å²) in [6.45, 7) is 4.53. The van der Waals surface area contributed by atoms with Crippen LogP contribution in [-0.4, -0.2) is 44.2 Å². The predicted molar refractivity (Wildman–Crippen MR) is 129 cm³/mol. The smallest absolute Gasteiger partial charge is 0.244 e. The van der Waals surface area contributed by atoms with Gasteiger partial charge in [-0.1, -0.05) is 13.0 Å². The lowest BCUT2D eigenvalue weighted by Gasteiger charge is -2.30. The molecule has 2 aromatic rings. The number of fused-ring (bicyclic) bond motifs is 1. The van der Waals surface area contributed by atoms with E-state index in [4.69, 9.17) is 0 Å². The topological polar surface area (TPSA) is 86.8 Å². The van der Waals surface area contributed by atoms with E-state index in [-0.39, 0.29) is 23.8 Å². The number of sulfonamides is 1. The zero-order valence-corrected chi connectivity index (χ0v) is 20.3. The van der Waals surface area contributed by atoms with Crippen LogP contribution in [0.3, 0.4) is 0 Å². The first-order chi connectivity index (χ1) is 16.1. The van der Waals surface area contributed by atoms with E-state index in [2.05, 4.69) is 12.2 Å². The molecule has 182 valence electrons. The maximum absolute atomic E-state index is 13.8. The number of carbonyl (C=O) groups excluding carboxylic acids is 2. The molecule has 1 N–H and O–H groups in total. The van der Waals surface area contributed by atoms with Gasteiger partial charge in [0.2, 0.25) is 21.8 Å². The lowest BCUT2D eigenvalue weighted by Crippen LogP contribution is -2.38. The van der Waals surface area contributed by atoms with Crippen molar-refractivity contribution in [1.82, 2.24) is 4.31 Å². The van der Waals surface area contributed by atoms with Gasteiger partial charge >= 0.3 is 0 Å². The standard InChI is InChI=1S/C25H30FN3O4S/c1-17-10-12-28(13-11-17)34(32,33)21-8-9-23-19(14-21)4-3-5-25(31)29(23)16-24(30)27-20-7-6-18(2)22(26)15-20/h6-9,14-15,17H,3-5,10-13,16H2,1-2H3,(H,27,30). The van der Waals surface area contributed by atoms with Crippen molar-refractivity contribution in [3.63, 3.8) is 0 Å². The van der Waals surface area contributed by atoms with Crippen molar-refractivity contribution in [1.29, 1.82) is 0 Å². The summed E-state index contributed by atoms with van der Waals surface area (Å²) in [7, 11) is -3.62. The van der Waals surface area contributed by atoms with Crippen molar-refractivity contribution in [2.45, 2.75) is 50.8 Å². The van der Waals surface area contributed by atoms with Gasteiger partial charge in [0.25, 0.3) is 0 Å². The molecule has 1 fully saturated rings. The van der Waals surface area contributed by atoms with Crippen LogP contribution in [0.4, 0.5) is 15.8 Å². The summed E-state index contributed by atoms with van der Waals surface area (Å²) in [5.74, 6) is -0.570. The van der Waals surface area contributed by atoms with Crippen LogP contribution < -0.4 is 10.2 Å². The molecule has 2 aliphatic rings. The van der Waals surface area contributed by atoms with E-state index < -0.39 is 21.7 Å². The number of piperidine rings is 1. The third-order valence-corrected chi connectivity index (χ3v) is 8.51. The van der Waals surface area contributed by atoms with Gasteiger partial charge in [-0.05, 0) is 80.0 Å². The molecule has 2 amide bonds. The van der Waals surface area contributed by atoms with Crippen LogP contribution in [-0.2, 0) is 26.0 Å². The van der Waals surface area contributed by atoms with Crippen molar-refractivity contribution in [2.24, 2.45) is 5.92 Å². The number of halogens is 1. The number of rotatable bonds is 5. The molecule has 0 radical (unpaired) electrons. The van der Waals surface area contributed by atoms with E-state index in [9.17, 15) is 22.4 Å². The van der Waals surface area contributed by atoms with Crippen LogP contribution in [0.25, 0.3) is 0 Å². The summed E-state index contributed by atoms with van der Waals surface area (Å²) in [6.07, 6.45) is 3.05. The van der Waals surface area contributed by atoms with E-state index >= 15 is 0 Å². The zero-order chi connectivity index (χ0) is 24.5. The van der Waals surface area contributed by atoms with Crippen LogP contribution in [0.15, 0.2) is 41.3 Å². The molecular formula is C25H30FN3O4S. The van der Waals surface area contributed by atoms with E-state index in [1.807, 2.05) is 0 Å². The third-order valence-electron chi connectivity index (χ3n) is 6.62. The largest absolute Gasteiger partial charge is 0.324 e. The molecule has 2 aliphatic heterocycles. The highest BCUT2D eigenvalue weighted by Gasteiger charge is 2.30. The first kappa shape index (κ1) is 24.3. The maximum atomic E-state index is 13.8. The number of amides is 2. The van der Waals surface area contributed by atoms with Gasteiger partial charge in [0.05, 0.1) is 4.90 Å². The number of nitrogens with one attached hydrogen (secondary N) is 1. The number of hydrogen-bond acceptors (Lipinski definition) is 4. The van der Waals surface area contributed by atoms with Crippen molar-refractivity contribution >= 4 is 33.2 Å². The molecule has 0 saturated carbocycles. The second kappa shape index (κ2) is 9.84. The number of benzene rings is 2. The van der Waals surface area contributed by atoms with Crippen molar-refractivity contribution in [3.05, 3.63) is 53.3 Å². The van der Waals surface area contributed by atoms with Crippen LogP contribution in [0.2, 0.25) is 0 Å². The molecule has 0 aromatic heterocycles. The van der Waals surface area contributed by atoms with E-state index in [1.54, 1.807) is 31.2 Å². The second-order valence-electron chi connectivity index (χ2n) is 9.22. The van der Waals surface area contributed by atoms with Crippen LogP contribution in [0.1, 0.15) is 43.7 Å². The number of nitrogens with zero attached hydrogens (tertiary/aromatic N) is 2. The van der Waals surface area contributed by atoms with Gasteiger partial charge in [0.1, 0.15) is 12.4 Å². The highest BCUT2D eigenvalue weighted by molar-refractivity contribution is 7.89. The summed E-state index contributed by atoms with van der Waals surface area (Å²) in [6, 6.07) is 9.20. The van der Waals surface area contributed by atoms with Gasteiger partial charge in [-0.25, -0.2) is 12.8 Å². The van der Waals surface area contributed by atoms with Crippen molar-refractivity contribution < 1.29 is 22.4 Å². The zero-order valence-electron chi connectivity index (χ0n) is 19.5. The minimum absolute atomic E-state index is 0.204. The SMILES string of the molecule is Cc1ccc(NC(=O)CN2C(=O)CCCc3cc(S(=O)(=O)N4CCC(C)CC4)ccc32)cc1F. The number of anilines is 2. The molecule has 0 spiro atoms. The monoisotopic (exact) mass is 487 g/mol. The molecule has 0 unspecified atom stereocenters. The number of carbonyl (C=O) groups is 2. The lowest BCUT2D eigenvalue weighted by molar-refractivity contribution is -0.121. The molecule has 0 atom stereocenters. The molecule has 2 aromatic carbocycles. The van der Waals surface area contributed by atoms with Gasteiger partial charge in [-0.3, -0.25) is 9.59 Å². The highest BCUT2D eigenvalue weighted by Crippen LogP contribution is 2.31. The Bertz CT molecular complexity index is 1210. The number of aryl methyl sites for hydroxylation is 2. The Morgan fingerprint density at radius 3 is 2.56 bits per heavy atom. The molecule has 34 heavy (non-hydrogen) atoms. The van der Waals surface area contributed by atoms with Crippen molar-refractivity contribution in [3.8, 4) is 0 Å². The lowest BCUT2D eigenvalue weighted by atomic mass is 10.0. The summed E-state index contributed by atoms with van der Waals surface area (Å²) >= 11 is 0. The predicted octanol–water partition coefficient (Wildman–Crippen LogP) is 3.86. The molecule has 9 heteroatoms. The Labute approximate surface area is 200 Å². The molecule has 0 bridgehead atoms. The average Bonchev–Trinajstić information content (AvgIpc) is 2.95. The molecule has 4 rings (SSSR count). The molecule has 7 nitrogen and oxygen atoms in total. The van der Waals surface area contributed by atoms with Gasteiger partial charge in [0.15, 0.2) is 0 Å². The van der Waals surface area contributed by atoms with Crippen LogP contribution >= 0.6 is 0 Å². The Hall–Kier alpha value is -2.78. The van der Waals surface area contributed by atoms with E-state index in [0.717, 1.165) is 18.4 Å². The van der Waals surface area contributed by atoms with Crippen molar-refractivity contribution in [2.75, 3.05) is 29.9 Å². The first-order valence-electron chi connectivity index (χ1n) is 11.6. The summed E-state index contributed by atoms with van der Waals surface area (Å²) in [5, 5.41) is 2.64. The van der Waals surface area contributed by atoms with E-state index in [0.29, 0.717) is 48.8 Å². The average molecular weight is 488 g/mol. The molecule has 2 heterocycles. The van der Waals surface area contributed by atoms with Gasteiger partial charge in [-0.2, -0.15) is 4.31 Å². The van der Waals surface area contributed by atoms with E-state index in [1.165, 1.54) is 21.3 Å². The molecule has 0 aliphatic carbocycles. The molecule has 1 saturated heterocycles. The first-order valence-corrected chi connectivity index (χ1v) is 13.1. The van der Waals surface area contributed by atoms with Gasteiger partial charge in [0, 0.05) is 30.9 Å². The van der Waals surface area contributed by atoms with Gasteiger partial charge in [-0.15, -0.1) is 0 Å². The Balaban J connectivity index is 1.56. The minimum Gasteiger partial charge on any atom is -0.324 e. The summed E-state index contributed by atoms with van der Waals surface area (Å²) in [5.41, 5.74) is 2.05. The Morgan fingerprint density at radius 1 is 1.12 bits per heavy atom. The van der Waals surface area contributed by atoms with Crippen LogP contribution in [0, 0.1) is 18.7 Å². The normalized spacial score (nSPS) is 17.9. The quantitative estimate of drug-likeness (QED) is 0.694. The Morgan fingerprint density at radius 2 is 1.85 bits per heavy atom. The summed E-state index contributed by atoms with van der Waals surface area (Å²) in [4.78, 5) is 27.1. The Kier molecular flexibility index (Phi) is 7.04. The van der Waals surface area contributed by atoms with Crippen LogP contribution in [0.5, 0.6) is 0 Å². The maximum Gasteiger partial charge on any atom is 0.244 e. The fraction of sp³-hybridized carbons (Fsp3) is 0.440. The fourth-order valence-corrected chi connectivity index (χ4v) is 5.97. The number of hydrogen-bond donors (Lipinski definition) is 1.